The Morgan fingerprint density at radius 3 is 0.462 bits per heavy atom. The first-order valence-electron chi connectivity index (χ1n) is 3.95. The van der Waals surface area contributed by atoms with Crippen molar-refractivity contribution in [3.63, 3.8) is 0 Å². The maximum atomic E-state index is 4.90. The molecule has 0 aromatic heterocycles. The molecule has 0 aromatic rings. The van der Waals surface area contributed by atoms with Crippen LogP contribution in [0.15, 0.2) is 0 Å². The smallest absolute Gasteiger partial charge is 0.329 e. The van der Waals surface area contributed by atoms with Crippen LogP contribution in [0.5, 0.6) is 0 Å². The molecule has 0 unspecified atom stereocenters. The summed E-state index contributed by atoms with van der Waals surface area (Å²) in [6.07, 6.45) is 0. The Hall–Kier alpha value is 0.292. The summed E-state index contributed by atoms with van der Waals surface area (Å²) in [6.45, 7) is 3.58. The van der Waals surface area contributed by atoms with Crippen LogP contribution in [0.3, 0.4) is 0 Å². The summed E-state index contributed by atoms with van der Waals surface area (Å²) in [7, 11) is 0. The molecule has 0 aliphatic carbocycles. The van der Waals surface area contributed by atoms with Crippen LogP contribution in [-0.4, -0.2) is 39.3 Å². The van der Waals surface area contributed by atoms with Crippen molar-refractivity contribution in [3.8, 4) is 0 Å². The third-order valence-electron chi connectivity index (χ3n) is 0.500. The molecular weight excluding hydrogens is 208 g/mol. The van der Waals surface area contributed by atoms with E-state index in [1.807, 2.05) is 0 Å². The first-order chi connectivity index (χ1) is 5.74. The van der Waals surface area contributed by atoms with Crippen molar-refractivity contribution < 1.29 is 17.4 Å². The van der Waals surface area contributed by atoms with E-state index in [1.54, 1.807) is 0 Å². The molecule has 0 saturated heterocycles. The molecule has 0 fully saturated rings. The quantitative estimate of drug-likeness (QED) is 0.299. The predicted octanol–water partition coefficient (Wildman–Crippen LogP) is -3.29. The van der Waals surface area contributed by atoms with Crippen LogP contribution < -0.4 is 34.4 Å². The SMILES string of the molecule is NCCN.NCCN.NCCN.[Cr+3]. The zero-order valence-corrected chi connectivity index (χ0v) is 9.39. The van der Waals surface area contributed by atoms with Crippen LogP contribution in [-0.2, 0) is 17.4 Å². The van der Waals surface area contributed by atoms with Gasteiger partial charge in [-0.2, -0.15) is 0 Å². The van der Waals surface area contributed by atoms with Gasteiger partial charge < -0.3 is 34.4 Å². The van der Waals surface area contributed by atoms with Crippen molar-refractivity contribution in [2.24, 2.45) is 34.4 Å². The van der Waals surface area contributed by atoms with E-state index in [1.165, 1.54) is 0 Å². The molecule has 6 nitrogen and oxygen atoms in total. The monoisotopic (exact) mass is 232 g/mol. The molecule has 0 heterocycles. The van der Waals surface area contributed by atoms with Gasteiger partial charge in [0.1, 0.15) is 0 Å². The first kappa shape index (κ1) is 23.3. The van der Waals surface area contributed by atoms with Gasteiger partial charge >= 0.3 is 17.4 Å². The average Bonchev–Trinajstić information content (AvgIpc) is 2.18. The fourth-order valence-electron chi connectivity index (χ4n) is 0. The van der Waals surface area contributed by atoms with E-state index in [2.05, 4.69) is 0 Å². The Labute approximate surface area is 91.5 Å². The summed E-state index contributed by atoms with van der Waals surface area (Å²) < 4.78 is 0. The van der Waals surface area contributed by atoms with Gasteiger partial charge in [0.2, 0.25) is 0 Å². The van der Waals surface area contributed by atoms with Gasteiger partial charge in [-0.1, -0.05) is 0 Å². The fourth-order valence-corrected chi connectivity index (χ4v) is 0. The van der Waals surface area contributed by atoms with Crippen LogP contribution >= 0.6 is 0 Å². The summed E-state index contributed by atoms with van der Waals surface area (Å²) in [5.41, 5.74) is 29.4. The van der Waals surface area contributed by atoms with Crippen LogP contribution in [0, 0.1) is 0 Å². The minimum Gasteiger partial charge on any atom is -0.329 e. The second kappa shape index (κ2) is 39.6. The molecule has 0 aliphatic rings. The third-order valence-corrected chi connectivity index (χ3v) is 0.500. The average molecular weight is 232 g/mol. The van der Waals surface area contributed by atoms with Crippen molar-refractivity contribution in [2.75, 3.05) is 39.3 Å². The Morgan fingerprint density at radius 1 is 0.385 bits per heavy atom. The van der Waals surface area contributed by atoms with Crippen LogP contribution in [0.2, 0.25) is 0 Å². The molecule has 13 heavy (non-hydrogen) atoms. The zero-order valence-electron chi connectivity index (χ0n) is 8.11. The van der Waals surface area contributed by atoms with Crippen LogP contribution in [0.25, 0.3) is 0 Å². The summed E-state index contributed by atoms with van der Waals surface area (Å²) in [6, 6.07) is 0. The van der Waals surface area contributed by atoms with E-state index in [4.69, 9.17) is 34.4 Å². The van der Waals surface area contributed by atoms with Gasteiger partial charge in [0, 0.05) is 39.3 Å². The molecule has 12 N–H and O–H groups in total. The first-order valence-corrected chi connectivity index (χ1v) is 3.95. The van der Waals surface area contributed by atoms with Gasteiger partial charge in [0.15, 0.2) is 0 Å². The fraction of sp³-hybridized carbons (Fsp3) is 1.00. The second-order valence-electron chi connectivity index (χ2n) is 1.73. The molecule has 81 valence electrons. The van der Waals surface area contributed by atoms with Gasteiger partial charge in [0.05, 0.1) is 0 Å². The van der Waals surface area contributed by atoms with Gasteiger partial charge in [-0.05, 0) is 0 Å². The Bertz CT molecular complexity index is 32.6. The Morgan fingerprint density at radius 2 is 0.462 bits per heavy atom. The summed E-state index contributed by atoms with van der Waals surface area (Å²) in [5, 5.41) is 0. The van der Waals surface area contributed by atoms with Crippen LogP contribution in [0.1, 0.15) is 0 Å². The molecule has 0 saturated carbocycles. The van der Waals surface area contributed by atoms with E-state index in [0.29, 0.717) is 39.3 Å². The van der Waals surface area contributed by atoms with Crippen molar-refractivity contribution in [1.29, 1.82) is 0 Å². The van der Waals surface area contributed by atoms with Crippen LogP contribution in [0.4, 0.5) is 0 Å². The molecule has 0 rings (SSSR count). The van der Waals surface area contributed by atoms with Gasteiger partial charge in [-0.25, -0.2) is 0 Å². The van der Waals surface area contributed by atoms with Gasteiger partial charge in [-0.15, -0.1) is 0 Å². The molecule has 0 aromatic carbocycles. The van der Waals surface area contributed by atoms with Gasteiger partial charge in [0.25, 0.3) is 0 Å². The summed E-state index contributed by atoms with van der Waals surface area (Å²) >= 11 is 0. The topological polar surface area (TPSA) is 156 Å². The number of hydrogen-bond donors (Lipinski definition) is 6. The van der Waals surface area contributed by atoms with Gasteiger partial charge in [-0.3, -0.25) is 0 Å². The molecule has 7 heteroatoms. The van der Waals surface area contributed by atoms with E-state index >= 15 is 0 Å². The van der Waals surface area contributed by atoms with E-state index in [-0.39, 0.29) is 17.4 Å². The second-order valence-corrected chi connectivity index (χ2v) is 1.73. The largest absolute Gasteiger partial charge is 3.00 e. The summed E-state index contributed by atoms with van der Waals surface area (Å²) in [4.78, 5) is 0. The van der Waals surface area contributed by atoms with E-state index in [9.17, 15) is 0 Å². The maximum absolute atomic E-state index is 4.90. The predicted molar refractivity (Wildman–Crippen MR) is 54.3 cm³/mol. The molecule has 0 atom stereocenters. The third kappa shape index (κ3) is 120. The molecule has 1 radical (unpaired) electrons. The Balaban J connectivity index is -0.0000000450. The van der Waals surface area contributed by atoms with Crippen molar-refractivity contribution in [3.05, 3.63) is 0 Å². The number of nitrogens with two attached hydrogens (primary N) is 6. The normalized spacial score (nSPS) is 6.92. The number of hydrogen-bond acceptors (Lipinski definition) is 6. The minimum atomic E-state index is 0. The molecule has 0 amide bonds. The maximum Gasteiger partial charge on any atom is 3.00 e. The zero-order chi connectivity index (χ0) is 10.2. The van der Waals surface area contributed by atoms with Crippen molar-refractivity contribution in [2.45, 2.75) is 0 Å². The minimum absolute atomic E-state index is 0. The van der Waals surface area contributed by atoms with E-state index in [0.717, 1.165) is 0 Å². The van der Waals surface area contributed by atoms with E-state index < -0.39 is 0 Å². The number of rotatable bonds is 3. The molecular formula is C6H24CrN6+3. The van der Waals surface area contributed by atoms with Crippen molar-refractivity contribution >= 4 is 0 Å². The molecule has 0 aliphatic heterocycles. The Kier molecular flexibility index (Phi) is 70.8. The summed E-state index contributed by atoms with van der Waals surface area (Å²) in [5.74, 6) is 0. The van der Waals surface area contributed by atoms with Crippen molar-refractivity contribution in [1.82, 2.24) is 0 Å². The standard InChI is InChI=1S/3C2H8N2.Cr/c3*3-1-2-4;/h3*1-4H2;/q;;;+3. The molecule has 0 bridgehead atoms. The molecule has 0 spiro atoms.